The Bertz CT molecular complexity index is 1180. The van der Waals surface area contributed by atoms with Gasteiger partial charge in [0.1, 0.15) is 6.04 Å². The second kappa shape index (κ2) is 9.25. The zero-order chi connectivity index (χ0) is 21.9. The van der Waals surface area contributed by atoms with Crippen LogP contribution in [0.15, 0.2) is 60.7 Å². The molecule has 0 fully saturated rings. The van der Waals surface area contributed by atoms with E-state index in [1.807, 2.05) is 42.5 Å². The maximum absolute atomic E-state index is 13.0. The van der Waals surface area contributed by atoms with Gasteiger partial charge in [-0.25, -0.2) is 8.42 Å². The van der Waals surface area contributed by atoms with Crippen LogP contribution in [0.2, 0.25) is 10.0 Å². The maximum Gasteiger partial charge on any atom is 0.244 e. The fraction of sp³-hybridized carbons (Fsp3) is 0.227. The van der Waals surface area contributed by atoms with Gasteiger partial charge in [-0.2, -0.15) is 0 Å². The highest BCUT2D eigenvalue weighted by Gasteiger charge is 2.31. The number of anilines is 1. The third-order valence-corrected chi connectivity index (χ3v) is 6.74. The van der Waals surface area contributed by atoms with Crippen molar-refractivity contribution in [1.29, 1.82) is 0 Å². The summed E-state index contributed by atoms with van der Waals surface area (Å²) < 4.78 is 26.2. The Labute approximate surface area is 186 Å². The van der Waals surface area contributed by atoms with Gasteiger partial charge in [0, 0.05) is 6.54 Å². The van der Waals surface area contributed by atoms with Crippen LogP contribution in [0.25, 0.3) is 10.8 Å². The molecule has 0 saturated carbocycles. The smallest absolute Gasteiger partial charge is 0.244 e. The first kappa shape index (κ1) is 22.4. The number of amides is 1. The average molecular weight is 465 g/mol. The molecule has 8 heteroatoms. The molecule has 0 aliphatic carbocycles. The van der Waals surface area contributed by atoms with Gasteiger partial charge in [-0.05, 0) is 41.0 Å². The molecule has 0 aliphatic rings. The number of sulfonamides is 1. The van der Waals surface area contributed by atoms with Crippen LogP contribution in [0.3, 0.4) is 0 Å². The predicted octanol–water partition coefficient (Wildman–Crippen LogP) is 5.01. The van der Waals surface area contributed by atoms with Gasteiger partial charge in [0.15, 0.2) is 0 Å². The Morgan fingerprint density at radius 3 is 2.40 bits per heavy atom. The molecule has 0 aliphatic heterocycles. The van der Waals surface area contributed by atoms with Crippen LogP contribution in [0, 0.1) is 0 Å². The average Bonchev–Trinajstić information content (AvgIpc) is 2.71. The molecule has 0 bridgehead atoms. The molecule has 0 radical (unpaired) electrons. The minimum Gasteiger partial charge on any atom is -0.350 e. The van der Waals surface area contributed by atoms with Crippen LogP contribution in [-0.2, 0) is 21.4 Å². The topological polar surface area (TPSA) is 66.5 Å². The number of nitrogens with zero attached hydrogens (tertiary/aromatic N) is 1. The van der Waals surface area contributed by atoms with Crippen molar-refractivity contribution in [2.45, 2.75) is 25.9 Å². The number of hydrogen-bond acceptors (Lipinski definition) is 3. The van der Waals surface area contributed by atoms with Crippen LogP contribution in [-0.4, -0.2) is 26.6 Å². The van der Waals surface area contributed by atoms with Gasteiger partial charge in [0.25, 0.3) is 0 Å². The Hall–Kier alpha value is -2.28. The van der Waals surface area contributed by atoms with E-state index in [2.05, 4.69) is 5.32 Å². The number of hydrogen-bond donors (Lipinski definition) is 1. The van der Waals surface area contributed by atoms with Gasteiger partial charge in [0.05, 0.1) is 22.0 Å². The summed E-state index contributed by atoms with van der Waals surface area (Å²) in [6.45, 7) is 2.05. The molecule has 0 saturated heterocycles. The van der Waals surface area contributed by atoms with E-state index in [1.165, 1.54) is 18.2 Å². The Balaban J connectivity index is 1.88. The molecule has 1 amide bonds. The number of benzene rings is 3. The third kappa shape index (κ3) is 4.89. The Morgan fingerprint density at radius 2 is 1.73 bits per heavy atom. The first-order chi connectivity index (χ1) is 14.2. The van der Waals surface area contributed by atoms with E-state index in [0.29, 0.717) is 10.7 Å². The van der Waals surface area contributed by atoms with Crippen molar-refractivity contribution in [3.8, 4) is 0 Å². The van der Waals surface area contributed by atoms with Crippen molar-refractivity contribution < 1.29 is 13.2 Å². The number of carbonyl (C=O) groups is 1. The standard InChI is InChI=1S/C22H22Cl2N2O3S/c1-3-21(26(30(2,28)29)17-11-12-19(23)20(24)13-17)22(27)25-14-16-9-6-8-15-7-4-5-10-18(15)16/h4-13,21H,3,14H2,1-2H3,(H,25,27)/t21-/m0/s1. The molecule has 1 N–H and O–H groups in total. The fourth-order valence-corrected chi connectivity index (χ4v) is 4.93. The maximum atomic E-state index is 13.0. The van der Waals surface area contributed by atoms with Crippen molar-refractivity contribution in [3.05, 3.63) is 76.3 Å². The monoisotopic (exact) mass is 464 g/mol. The minimum absolute atomic E-state index is 0.217. The lowest BCUT2D eigenvalue weighted by atomic mass is 10.0. The number of nitrogens with one attached hydrogen (secondary N) is 1. The normalized spacial score (nSPS) is 12.5. The van der Waals surface area contributed by atoms with Gasteiger partial charge in [0.2, 0.25) is 15.9 Å². The highest BCUT2D eigenvalue weighted by atomic mass is 35.5. The van der Waals surface area contributed by atoms with E-state index < -0.39 is 16.1 Å². The second-order valence-corrected chi connectivity index (χ2v) is 9.61. The van der Waals surface area contributed by atoms with E-state index in [1.54, 1.807) is 6.92 Å². The van der Waals surface area contributed by atoms with Crippen molar-refractivity contribution in [2.24, 2.45) is 0 Å². The van der Waals surface area contributed by atoms with E-state index in [-0.39, 0.29) is 23.9 Å². The first-order valence-corrected chi connectivity index (χ1v) is 12.0. The van der Waals surface area contributed by atoms with Crippen molar-refractivity contribution in [3.63, 3.8) is 0 Å². The van der Waals surface area contributed by atoms with Gasteiger partial charge in [-0.15, -0.1) is 0 Å². The first-order valence-electron chi connectivity index (χ1n) is 9.41. The molecule has 0 unspecified atom stereocenters. The third-order valence-electron chi connectivity index (χ3n) is 4.82. The van der Waals surface area contributed by atoms with E-state index in [0.717, 1.165) is 26.9 Å². The molecule has 158 valence electrons. The summed E-state index contributed by atoms with van der Waals surface area (Å²) in [6.07, 6.45) is 1.35. The SMILES string of the molecule is CC[C@@H](C(=O)NCc1cccc2ccccc12)N(c1ccc(Cl)c(Cl)c1)S(C)(=O)=O. The number of carbonyl (C=O) groups excluding carboxylic acids is 1. The molecule has 30 heavy (non-hydrogen) atoms. The summed E-state index contributed by atoms with van der Waals surface area (Å²) in [5.74, 6) is -0.387. The van der Waals surface area contributed by atoms with E-state index >= 15 is 0 Å². The lowest BCUT2D eigenvalue weighted by Crippen LogP contribution is -2.49. The zero-order valence-electron chi connectivity index (χ0n) is 16.6. The minimum atomic E-state index is -3.75. The van der Waals surface area contributed by atoms with Crippen LogP contribution in [0.4, 0.5) is 5.69 Å². The fourth-order valence-electron chi connectivity index (χ4n) is 3.43. The van der Waals surface area contributed by atoms with Crippen molar-refractivity contribution >= 4 is 55.6 Å². The lowest BCUT2D eigenvalue weighted by molar-refractivity contribution is -0.122. The van der Waals surface area contributed by atoms with E-state index in [4.69, 9.17) is 23.2 Å². The molecular formula is C22H22Cl2N2O3S. The molecular weight excluding hydrogens is 443 g/mol. The van der Waals surface area contributed by atoms with Crippen LogP contribution < -0.4 is 9.62 Å². The molecule has 3 aromatic rings. The molecule has 3 rings (SSSR count). The molecule has 1 atom stereocenters. The Morgan fingerprint density at radius 1 is 1.03 bits per heavy atom. The lowest BCUT2D eigenvalue weighted by Gasteiger charge is -2.30. The number of fused-ring (bicyclic) bond motifs is 1. The summed E-state index contributed by atoms with van der Waals surface area (Å²) in [5.41, 5.74) is 1.25. The van der Waals surface area contributed by atoms with Gasteiger partial charge < -0.3 is 5.32 Å². The van der Waals surface area contributed by atoms with Crippen molar-refractivity contribution in [1.82, 2.24) is 5.32 Å². The molecule has 0 spiro atoms. The summed E-state index contributed by atoms with van der Waals surface area (Å²) in [5, 5.41) is 5.52. The van der Waals surface area contributed by atoms with Gasteiger partial charge in [-0.1, -0.05) is 72.6 Å². The van der Waals surface area contributed by atoms with E-state index in [9.17, 15) is 13.2 Å². The van der Waals surface area contributed by atoms with Crippen LogP contribution in [0.5, 0.6) is 0 Å². The second-order valence-electron chi connectivity index (χ2n) is 6.94. The molecule has 0 heterocycles. The van der Waals surface area contributed by atoms with Gasteiger partial charge in [-0.3, -0.25) is 9.10 Å². The highest BCUT2D eigenvalue weighted by molar-refractivity contribution is 7.92. The zero-order valence-corrected chi connectivity index (χ0v) is 18.9. The molecule has 0 aromatic heterocycles. The van der Waals surface area contributed by atoms with Gasteiger partial charge >= 0.3 is 0 Å². The largest absolute Gasteiger partial charge is 0.350 e. The summed E-state index contributed by atoms with van der Waals surface area (Å²) in [7, 11) is -3.75. The highest BCUT2D eigenvalue weighted by Crippen LogP contribution is 2.30. The Kier molecular flexibility index (Phi) is 6.91. The quantitative estimate of drug-likeness (QED) is 0.534. The van der Waals surface area contributed by atoms with Crippen LogP contribution >= 0.6 is 23.2 Å². The van der Waals surface area contributed by atoms with Crippen molar-refractivity contribution in [2.75, 3.05) is 10.6 Å². The molecule has 3 aromatic carbocycles. The summed E-state index contributed by atoms with van der Waals surface area (Å²) in [4.78, 5) is 13.0. The predicted molar refractivity (Wildman–Crippen MR) is 124 cm³/mol. The number of halogens is 2. The molecule has 5 nitrogen and oxygen atoms in total. The summed E-state index contributed by atoms with van der Waals surface area (Å²) in [6, 6.07) is 17.4. The van der Waals surface area contributed by atoms with Crippen LogP contribution in [0.1, 0.15) is 18.9 Å². The summed E-state index contributed by atoms with van der Waals surface area (Å²) >= 11 is 12.0. The number of rotatable bonds is 7.